The topological polar surface area (TPSA) is 3.24 Å². The molecule has 0 atom stereocenters. The summed E-state index contributed by atoms with van der Waals surface area (Å²) in [7, 11) is 0. The highest BCUT2D eigenvalue weighted by molar-refractivity contribution is 7.25. The molecular weight excluding hydrogens is 623 g/mol. The number of anilines is 3. The summed E-state index contributed by atoms with van der Waals surface area (Å²) < 4.78 is 2.65. The van der Waals surface area contributed by atoms with Crippen molar-refractivity contribution in [2.24, 2.45) is 0 Å². The quantitative estimate of drug-likeness (QED) is 0.171. The summed E-state index contributed by atoms with van der Waals surface area (Å²) in [4.78, 5) is 2.43. The van der Waals surface area contributed by atoms with E-state index in [0.717, 1.165) is 5.69 Å². The molecule has 0 unspecified atom stereocenters. The Balaban J connectivity index is 1.26. The fourth-order valence-electron chi connectivity index (χ4n) is 8.68. The second-order valence-corrected chi connectivity index (χ2v) is 16.0. The van der Waals surface area contributed by atoms with Crippen LogP contribution in [0.15, 0.2) is 152 Å². The Morgan fingerprint density at radius 1 is 0.360 bits per heavy atom. The third kappa shape index (κ3) is 4.06. The average Bonchev–Trinajstić information content (AvgIpc) is 3.52. The van der Waals surface area contributed by atoms with Crippen LogP contribution in [0.1, 0.15) is 38.8 Å². The molecule has 0 radical (unpaired) electrons. The predicted molar refractivity (Wildman–Crippen MR) is 218 cm³/mol. The maximum Gasteiger partial charge on any atom is 0.0468 e. The number of nitrogens with zero attached hydrogens (tertiary/aromatic N) is 1. The summed E-state index contributed by atoms with van der Waals surface area (Å²) >= 11 is 1.87. The van der Waals surface area contributed by atoms with Crippen LogP contribution in [0.3, 0.4) is 0 Å². The lowest BCUT2D eigenvalue weighted by molar-refractivity contribution is 0.299. The number of fused-ring (bicyclic) bond motifs is 12. The molecule has 0 saturated heterocycles. The molecule has 50 heavy (non-hydrogen) atoms. The van der Waals surface area contributed by atoms with Gasteiger partial charge >= 0.3 is 0 Å². The molecule has 0 N–H and O–H groups in total. The van der Waals surface area contributed by atoms with E-state index in [9.17, 15) is 0 Å². The van der Waals surface area contributed by atoms with Gasteiger partial charge in [-0.15, -0.1) is 11.3 Å². The first kappa shape index (κ1) is 29.5. The SMILES string of the molecule is CC1(C)c2ccc(N(c3ccccc3)c3ccc4sc5ccccc5c4c3)cc2-c2cc3c4ccccc4c4ccccc4c3cc2C1(C)C. The minimum atomic E-state index is -0.0970. The fourth-order valence-corrected chi connectivity index (χ4v) is 9.77. The molecule has 10 rings (SSSR count). The molecule has 9 aromatic rings. The zero-order chi connectivity index (χ0) is 33.8. The second kappa shape index (κ2) is 10.5. The molecule has 1 aromatic heterocycles. The lowest BCUT2D eigenvalue weighted by Crippen LogP contribution is -2.43. The average molecular weight is 660 g/mol. The molecule has 0 fully saturated rings. The van der Waals surface area contributed by atoms with Gasteiger partial charge in [0.05, 0.1) is 0 Å². The van der Waals surface area contributed by atoms with Crippen molar-refractivity contribution in [3.8, 4) is 11.1 Å². The lowest BCUT2D eigenvalue weighted by Gasteiger charge is -2.48. The van der Waals surface area contributed by atoms with E-state index in [2.05, 4.69) is 184 Å². The monoisotopic (exact) mass is 659 g/mol. The van der Waals surface area contributed by atoms with E-state index in [-0.39, 0.29) is 10.8 Å². The molecule has 8 aromatic carbocycles. The predicted octanol–water partition coefficient (Wildman–Crippen LogP) is 14.2. The number of hydrogen-bond donors (Lipinski definition) is 0. The van der Waals surface area contributed by atoms with Crippen molar-refractivity contribution < 1.29 is 0 Å². The van der Waals surface area contributed by atoms with Gasteiger partial charge in [0.1, 0.15) is 0 Å². The molecular formula is C48H37NS. The Bertz CT molecular complexity index is 2820. The van der Waals surface area contributed by atoms with Crippen molar-refractivity contribution in [2.75, 3.05) is 4.90 Å². The van der Waals surface area contributed by atoms with E-state index in [1.165, 1.54) is 86.1 Å². The van der Waals surface area contributed by atoms with Crippen LogP contribution in [0.25, 0.3) is 63.6 Å². The van der Waals surface area contributed by atoms with Gasteiger partial charge in [-0.2, -0.15) is 0 Å². The number of benzene rings is 8. The van der Waals surface area contributed by atoms with Gasteiger partial charge in [-0.05, 0) is 126 Å². The van der Waals surface area contributed by atoms with E-state index >= 15 is 0 Å². The Kier molecular flexibility index (Phi) is 6.21. The molecule has 2 heteroatoms. The normalized spacial score (nSPS) is 14.7. The van der Waals surface area contributed by atoms with Crippen LogP contribution in [-0.4, -0.2) is 0 Å². The van der Waals surface area contributed by atoms with Crippen molar-refractivity contribution in [3.05, 3.63) is 163 Å². The van der Waals surface area contributed by atoms with Crippen molar-refractivity contribution in [2.45, 2.75) is 38.5 Å². The van der Waals surface area contributed by atoms with Crippen LogP contribution < -0.4 is 4.90 Å². The molecule has 1 heterocycles. The molecule has 1 aliphatic rings. The minimum Gasteiger partial charge on any atom is -0.310 e. The van der Waals surface area contributed by atoms with E-state index in [0.29, 0.717) is 0 Å². The third-order valence-corrected chi connectivity index (χ3v) is 13.1. The van der Waals surface area contributed by atoms with Gasteiger partial charge in [0.25, 0.3) is 0 Å². The summed E-state index contributed by atoms with van der Waals surface area (Å²) in [6, 6.07) is 56.7. The smallest absolute Gasteiger partial charge is 0.0468 e. The Morgan fingerprint density at radius 2 is 0.860 bits per heavy atom. The molecule has 0 aliphatic heterocycles. The summed E-state index contributed by atoms with van der Waals surface area (Å²) in [6.07, 6.45) is 0. The van der Waals surface area contributed by atoms with Crippen molar-refractivity contribution in [1.29, 1.82) is 0 Å². The van der Waals surface area contributed by atoms with Gasteiger partial charge in [-0.3, -0.25) is 0 Å². The van der Waals surface area contributed by atoms with Crippen molar-refractivity contribution in [3.63, 3.8) is 0 Å². The van der Waals surface area contributed by atoms with Crippen molar-refractivity contribution in [1.82, 2.24) is 0 Å². The number of para-hydroxylation sites is 1. The van der Waals surface area contributed by atoms with Crippen LogP contribution in [0.5, 0.6) is 0 Å². The van der Waals surface area contributed by atoms with Crippen LogP contribution in [0.2, 0.25) is 0 Å². The highest BCUT2D eigenvalue weighted by atomic mass is 32.1. The number of thiophene rings is 1. The van der Waals surface area contributed by atoms with E-state index in [4.69, 9.17) is 0 Å². The maximum atomic E-state index is 2.53. The molecule has 240 valence electrons. The fraction of sp³-hybridized carbons (Fsp3) is 0.125. The van der Waals surface area contributed by atoms with Gasteiger partial charge in [0.2, 0.25) is 0 Å². The van der Waals surface area contributed by atoms with Crippen LogP contribution >= 0.6 is 11.3 Å². The highest BCUT2D eigenvalue weighted by Crippen LogP contribution is 2.56. The zero-order valence-corrected chi connectivity index (χ0v) is 29.6. The molecule has 0 amide bonds. The molecule has 0 spiro atoms. The minimum absolute atomic E-state index is 0.0953. The van der Waals surface area contributed by atoms with E-state index in [1.807, 2.05) is 11.3 Å². The molecule has 1 nitrogen and oxygen atoms in total. The maximum absolute atomic E-state index is 2.53. The van der Waals surface area contributed by atoms with Crippen LogP contribution in [0, 0.1) is 0 Å². The lowest BCUT2D eigenvalue weighted by atomic mass is 9.55. The summed E-state index contributed by atoms with van der Waals surface area (Å²) in [6.45, 7) is 9.74. The molecule has 0 bridgehead atoms. The van der Waals surface area contributed by atoms with Crippen molar-refractivity contribution >= 4 is 80.9 Å². The third-order valence-electron chi connectivity index (χ3n) is 12.0. The molecule has 1 aliphatic carbocycles. The van der Waals surface area contributed by atoms with E-state index < -0.39 is 0 Å². The number of hydrogen-bond acceptors (Lipinski definition) is 2. The first-order valence-corrected chi connectivity index (χ1v) is 18.4. The summed E-state index contributed by atoms with van der Waals surface area (Å²) in [5, 5.41) is 10.5. The second-order valence-electron chi connectivity index (χ2n) is 15.0. The number of rotatable bonds is 3. The van der Waals surface area contributed by atoms with Gasteiger partial charge < -0.3 is 4.90 Å². The zero-order valence-electron chi connectivity index (χ0n) is 28.8. The molecule has 0 saturated carbocycles. The largest absolute Gasteiger partial charge is 0.310 e. The Hall–Kier alpha value is -5.44. The van der Waals surface area contributed by atoms with E-state index in [1.54, 1.807) is 0 Å². The highest BCUT2D eigenvalue weighted by Gasteiger charge is 2.46. The summed E-state index contributed by atoms with van der Waals surface area (Å²) in [5.41, 5.74) is 8.77. The van der Waals surface area contributed by atoms with Crippen LogP contribution in [-0.2, 0) is 10.8 Å². The first-order chi connectivity index (χ1) is 24.3. The Labute approximate surface area is 297 Å². The summed E-state index contributed by atoms with van der Waals surface area (Å²) in [5.74, 6) is 0. The van der Waals surface area contributed by atoms with Gasteiger partial charge in [-0.25, -0.2) is 0 Å². The Morgan fingerprint density at radius 3 is 1.56 bits per heavy atom. The van der Waals surface area contributed by atoms with Gasteiger partial charge in [0.15, 0.2) is 0 Å². The van der Waals surface area contributed by atoms with Crippen LogP contribution in [0.4, 0.5) is 17.1 Å². The van der Waals surface area contributed by atoms with Gasteiger partial charge in [-0.1, -0.05) is 119 Å². The first-order valence-electron chi connectivity index (χ1n) is 17.6. The van der Waals surface area contributed by atoms with Gasteiger partial charge in [0, 0.05) is 37.2 Å². The standard InChI is InChI=1S/C48H37NS/c1-47(2)43-24-22-31(49(30-14-6-5-7-15-30)32-23-25-46-42(27-32)37-20-12-13-21-45(37)50-46)26-40(43)41-28-38-35-18-10-8-16-33(35)34-17-9-11-19-36(34)39(38)29-44(41)48(47,3)4/h5-29H,1-4H3.